The lowest BCUT2D eigenvalue weighted by Gasteiger charge is -1.98. The molecule has 0 radical (unpaired) electrons. The van der Waals surface area contributed by atoms with Gasteiger partial charge < -0.3 is 9.84 Å². The molecule has 0 bridgehead atoms. The Bertz CT molecular complexity index is 403. The van der Waals surface area contributed by atoms with Crippen molar-refractivity contribution < 1.29 is 19.4 Å². The molecule has 16 heavy (non-hydrogen) atoms. The summed E-state index contributed by atoms with van der Waals surface area (Å²) in [6.45, 7) is 3.58. The van der Waals surface area contributed by atoms with Gasteiger partial charge in [0.2, 0.25) is 0 Å². The molecule has 1 aliphatic rings. The Morgan fingerprint density at radius 3 is 2.38 bits per heavy atom. The molecule has 5 nitrogen and oxygen atoms in total. The highest BCUT2D eigenvalue weighted by Crippen LogP contribution is 2.59. The van der Waals surface area contributed by atoms with Crippen LogP contribution in [0.1, 0.15) is 13.8 Å². The van der Waals surface area contributed by atoms with Gasteiger partial charge in [0, 0.05) is 0 Å². The van der Waals surface area contributed by atoms with E-state index in [0.29, 0.717) is 0 Å². The Kier molecular flexibility index (Phi) is 3.04. The predicted molar refractivity (Wildman–Crippen MR) is 54.1 cm³/mol. The highest BCUT2D eigenvalue weighted by molar-refractivity contribution is 5.93. The summed E-state index contributed by atoms with van der Waals surface area (Å²) in [5, 5.41) is 17.6. The van der Waals surface area contributed by atoms with Crippen LogP contribution in [0, 0.1) is 28.6 Å². The molecule has 1 fully saturated rings. The summed E-state index contributed by atoms with van der Waals surface area (Å²) in [6.07, 6.45) is 1.39. The van der Waals surface area contributed by atoms with Crippen molar-refractivity contribution in [1.82, 2.24) is 0 Å². The number of aliphatic carboxylic acids is 1. The topological polar surface area (TPSA) is 87.4 Å². The summed E-state index contributed by atoms with van der Waals surface area (Å²) in [5.41, 5.74) is -0.550. The third-order valence-corrected chi connectivity index (χ3v) is 3.05. The van der Waals surface area contributed by atoms with E-state index in [1.807, 2.05) is 0 Å². The zero-order valence-electron chi connectivity index (χ0n) is 9.35. The fourth-order valence-corrected chi connectivity index (χ4v) is 1.90. The van der Waals surface area contributed by atoms with E-state index in [1.165, 1.54) is 13.2 Å². The fraction of sp³-hybridized carbons (Fsp3) is 0.545. The van der Waals surface area contributed by atoms with Gasteiger partial charge in [-0.2, -0.15) is 5.26 Å². The molecule has 0 heterocycles. The molecule has 1 aliphatic carbocycles. The van der Waals surface area contributed by atoms with Gasteiger partial charge in [0.15, 0.2) is 0 Å². The number of ether oxygens (including phenoxy) is 1. The van der Waals surface area contributed by atoms with Crippen molar-refractivity contribution in [2.75, 3.05) is 7.11 Å². The molecule has 0 amide bonds. The van der Waals surface area contributed by atoms with E-state index in [1.54, 1.807) is 19.9 Å². The van der Waals surface area contributed by atoms with Crippen LogP contribution >= 0.6 is 0 Å². The lowest BCUT2D eigenvalue weighted by molar-refractivity contribution is -0.139. The monoisotopic (exact) mass is 223 g/mol. The summed E-state index contributed by atoms with van der Waals surface area (Å²) < 4.78 is 4.42. The molecule has 2 atom stereocenters. The van der Waals surface area contributed by atoms with Crippen molar-refractivity contribution in [3.63, 3.8) is 0 Å². The van der Waals surface area contributed by atoms with Crippen molar-refractivity contribution >= 4 is 11.9 Å². The molecule has 0 aliphatic heterocycles. The number of hydrogen-bond donors (Lipinski definition) is 1. The first-order valence-corrected chi connectivity index (χ1v) is 4.79. The maximum atomic E-state index is 11.1. The van der Waals surface area contributed by atoms with E-state index < -0.39 is 23.3 Å². The Morgan fingerprint density at radius 2 is 2.06 bits per heavy atom. The van der Waals surface area contributed by atoms with E-state index in [4.69, 9.17) is 10.4 Å². The van der Waals surface area contributed by atoms with E-state index in [2.05, 4.69) is 4.74 Å². The highest BCUT2D eigenvalue weighted by Gasteiger charge is 2.61. The van der Waals surface area contributed by atoms with Gasteiger partial charge in [0.25, 0.3) is 0 Å². The predicted octanol–water partition coefficient (Wildman–Crippen LogP) is 0.966. The minimum Gasteiger partial charge on any atom is -0.481 e. The minimum atomic E-state index is -0.909. The molecule has 86 valence electrons. The van der Waals surface area contributed by atoms with Gasteiger partial charge in [-0.15, -0.1) is 0 Å². The van der Waals surface area contributed by atoms with E-state index >= 15 is 0 Å². The molecule has 1 unspecified atom stereocenters. The molecule has 0 aromatic heterocycles. The first-order chi connectivity index (χ1) is 7.36. The highest BCUT2D eigenvalue weighted by atomic mass is 16.5. The van der Waals surface area contributed by atoms with Crippen molar-refractivity contribution in [2.24, 2.45) is 17.3 Å². The standard InChI is InChI=1S/C11H13NO4/c1-11(2)7(8(11)9(13)14)4-6(5-12)10(15)16-3/h4,7-8H,1-3H3,(H,13,14)/b6-4+/t7?,8-/m0/s1. The summed E-state index contributed by atoms with van der Waals surface area (Å²) in [4.78, 5) is 22.0. The number of nitriles is 1. The largest absolute Gasteiger partial charge is 0.481 e. The Morgan fingerprint density at radius 1 is 1.50 bits per heavy atom. The lowest BCUT2D eigenvalue weighted by Crippen LogP contribution is -2.04. The van der Waals surface area contributed by atoms with Gasteiger partial charge in [-0.3, -0.25) is 4.79 Å². The number of rotatable bonds is 3. The molecular formula is C11H13NO4. The molecule has 5 heteroatoms. The van der Waals surface area contributed by atoms with Gasteiger partial charge in [-0.05, 0) is 11.3 Å². The Balaban J connectivity index is 2.91. The maximum absolute atomic E-state index is 11.1. The van der Waals surface area contributed by atoms with Crippen molar-refractivity contribution in [3.8, 4) is 6.07 Å². The number of carboxylic acid groups (broad SMARTS) is 1. The number of methoxy groups -OCH3 is 1. The number of allylic oxidation sites excluding steroid dienone is 1. The first kappa shape index (κ1) is 12.2. The molecule has 0 aromatic rings. The van der Waals surface area contributed by atoms with Crippen molar-refractivity contribution in [1.29, 1.82) is 5.26 Å². The molecule has 1 saturated carbocycles. The van der Waals surface area contributed by atoms with E-state index in [-0.39, 0.29) is 11.5 Å². The van der Waals surface area contributed by atoms with Gasteiger partial charge in [0.1, 0.15) is 11.6 Å². The number of hydrogen-bond acceptors (Lipinski definition) is 4. The SMILES string of the molecule is COC(=O)/C(C#N)=C/C1[C@@H](C(=O)O)C1(C)C. The maximum Gasteiger partial charge on any atom is 0.348 e. The number of nitrogens with zero attached hydrogens (tertiary/aromatic N) is 1. The summed E-state index contributed by atoms with van der Waals surface area (Å²) >= 11 is 0. The molecular weight excluding hydrogens is 210 g/mol. The quantitative estimate of drug-likeness (QED) is 0.437. The van der Waals surface area contributed by atoms with Gasteiger partial charge >= 0.3 is 11.9 Å². The normalized spacial score (nSPS) is 26.8. The van der Waals surface area contributed by atoms with E-state index in [0.717, 1.165) is 0 Å². The van der Waals surface area contributed by atoms with E-state index in [9.17, 15) is 9.59 Å². The van der Waals surface area contributed by atoms with Crippen LogP contribution in [0.2, 0.25) is 0 Å². The van der Waals surface area contributed by atoms with Crippen molar-refractivity contribution in [2.45, 2.75) is 13.8 Å². The average Bonchev–Trinajstić information content (AvgIpc) is 2.75. The fourth-order valence-electron chi connectivity index (χ4n) is 1.90. The second-order valence-corrected chi connectivity index (χ2v) is 4.35. The molecule has 1 N–H and O–H groups in total. The summed E-state index contributed by atoms with van der Waals surface area (Å²) in [7, 11) is 1.18. The zero-order valence-corrected chi connectivity index (χ0v) is 9.35. The first-order valence-electron chi connectivity index (χ1n) is 4.79. The smallest absolute Gasteiger partial charge is 0.348 e. The van der Waals surface area contributed by atoms with Gasteiger partial charge in [-0.25, -0.2) is 4.79 Å². The van der Waals surface area contributed by atoms with Crippen LogP contribution < -0.4 is 0 Å². The Hall–Kier alpha value is -1.83. The summed E-state index contributed by atoms with van der Waals surface area (Å²) in [6, 6.07) is 1.71. The number of carbonyl (C=O) groups is 2. The van der Waals surface area contributed by atoms with Gasteiger partial charge in [-0.1, -0.05) is 19.9 Å². The second-order valence-electron chi connectivity index (χ2n) is 4.35. The second kappa shape index (κ2) is 3.97. The summed E-state index contributed by atoms with van der Waals surface area (Å²) in [5.74, 6) is -2.47. The average molecular weight is 223 g/mol. The molecule has 0 spiro atoms. The number of esters is 1. The van der Waals surface area contributed by atoms with Gasteiger partial charge in [0.05, 0.1) is 13.0 Å². The molecule has 0 saturated heterocycles. The third kappa shape index (κ3) is 1.91. The minimum absolute atomic E-state index is 0.135. The zero-order chi connectivity index (χ0) is 12.5. The van der Waals surface area contributed by atoms with Crippen LogP contribution in [0.4, 0.5) is 0 Å². The molecule has 0 aromatic carbocycles. The van der Waals surface area contributed by atoms with Crippen LogP contribution in [-0.4, -0.2) is 24.2 Å². The Labute approximate surface area is 93.3 Å². The molecule has 1 rings (SSSR count). The van der Waals surface area contributed by atoms with Crippen LogP contribution in [-0.2, 0) is 14.3 Å². The van der Waals surface area contributed by atoms with Crippen molar-refractivity contribution in [3.05, 3.63) is 11.6 Å². The van der Waals surface area contributed by atoms with Crippen LogP contribution in [0.25, 0.3) is 0 Å². The number of carbonyl (C=O) groups excluding carboxylic acids is 1. The third-order valence-electron chi connectivity index (χ3n) is 3.05. The van der Waals surface area contributed by atoms with Crippen LogP contribution in [0.15, 0.2) is 11.6 Å². The number of carboxylic acids is 1. The van der Waals surface area contributed by atoms with Crippen LogP contribution in [0.5, 0.6) is 0 Å². The van der Waals surface area contributed by atoms with Crippen LogP contribution in [0.3, 0.4) is 0 Å². The lowest BCUT2D eigenvalue weighted by atomic mass is 10.1.